The Kier molecular flexibility index (Phi) is 3.69. The van der Waals surface area contributed by atoms with Crippen LogP contribution in [0.3, 0.4) is 0 Å². The van der Waals surface area contributed by atoms with E-state index in [4.69, 9.17) is 0 Å². The summed E-state index contributed by atoms with van der Waals surface area (Å²) in [6.07, 6.45) is 2.11. The van der Waals surface area contributed by atoms with Crippen LogP contribution in [0.4, 0.5) is 0 Å². The van der Waals surface area contributed by atoms with Crippen molar-refractivity contribution in [2.75, 3.05) is 0 Å². The Bertz CT molecular complexity index is 762. The maximum atomic E-state index is 12.1. The van der Waals surface area contributed by atoms with Crippen LogP contribution in [0.2, 0.25) is 0 Å². The van der Waals surface area contributed by atoms with E-state index in [2.05, 4.69) is 15.3 Å². The summed E-state index contributed by atoms with van der Waals surface area (Å²) in [4.78, 5) is 19.6. The number of aromatic amines is 1. The van der Waals surface area contributed by atoms with Gasteiger partial charge in [0.2, 0.25) is 5.91 Å². The monoisotopic (exact) mass is 279 g/mol. The first kappa shape index (κ1) is 13.4. The molecule has 0 atom stereocenters. The molecule has 0 aliphatic rings. The minimum atomic E-state index is 0.00788. The minimum Gasteiger partial charge on any atom is -0.358 e. The van der Waals surface area contributed by atoms with Crippen LogP contribution >= 0.6 is 0 Å². The Labute approximate surface area is 123 Å². The van der Waals surface area contributed by atoms with Gasteiger partial charge < -0.3 is 10.3 Å². The van der Waals surface area contributed by atoms with E-state index in [9.17, 15) is 4.79 Å². The van der Waals surface area contributed by atoms with Crippen molar-refractivity contribution < 1.29 is 4.79 Å². The fraction of sp³-hybridized carbons (Fsp3) is 0.176. The molecule has 0 aliphatic carbocycles. The SMILES string of the molecule is Cc1[nH]c2ccccc2c1CC(=O)NCc1ccccn1. The van der Waals surface area contributed by atoms with Crippen LogP contribution in [0.1, 0.15) is 17.0 Å². The number of nitrogens with zero attached hydrogens (tertiary/aromatic N) is 1. The van der Waals surface area contributed by atoms with E-state index >= 15 is 0 Å². The summed E-state index contributed by atoms with van der Waals surface area (Å²) in [5.74, 6) is 0.00788. The number of para-hydroxylation sites is 1. The van der Waals surface area contributed by atoms with Crippen LogP contribution in [0, 0.1) is 6.92 Å². The number of aromatic nitrogens is 2. The molecule has 2 heterocycles. The third-order valence-electron chi connectivity index (χ3n) is 3.56. The summed E-state index contributed by atoms with van der Waals surface area (Å²) in [5.41, 5.74) is 4.04. The van der Waals surface area contributed by atoms with Gasteiger partial charge in [0.05, 0.1) is 18.7 Å². The zero-order valence-corrected chi connectivity index (χ0v) is 11.9. The Balaban J connectivity index is 1.70. The van der Waals surface area contributed by atoms with E-state index in [0.29, 0.717) is 13.0 Å². The summed E-state index contributed by atoms with van der Waals surface area (Å²) in [6, 6.07) is 13.7. The van der Waals surface area contributed by atoms with Crippen LogP contribution in [0.5, 0.6) is 0 Å². The molecule has 0 saturated heterocycles. The zero-order chi connectivity index (χ0) is 14.7. The predicted molar refractivity (Wildman–Crippen MR) is 82.8 cm³/mol. The van der Waals surface area contributed by atoms with Crippen molar-refractivity contribution in [3.05, 3.63) is 65.6 Å². The van der Waals surface area contributed by atoms with Crippen molar-refractivity contribution in [2.45, 2.75) is 19.9 Å². The van der Waals surface area contributed by atoms with Crippen LogP contribution in [0.15, 0.2) is 48.7 Å². The van der Waals surface area contributed by atoms with Crippen molar-refractivity contribution in [1.82, 2.24) is 15.3 Å². The molecule has 0 spiro atoms. The molecule has 0 radical (unpaired) electrons. The number of carbonyl (C=O) groups is 1. The molecule has 1 aromatic carbocycles. The number of amides is 1. The lowest BCUT2D eigenvalue weighted by atomic mass is 10.1. The standard InChI is InChI=1S/C17H17N3O/c1-12-15(14-7-2-3-8-16(14)20-12)10-17(21)19-11-13-6-4-5-9-18-13/h2-9,20H,10-11H2,1H3,(H,19,21). The molecule has 2 aromatic heterocycles. The summed E-state index contributed by atoms with van der Waals surface area (Å²) < 4.78 is 0. The number of H-pyrrole nitrogens is 1. The molecule has 4 heteroatoms. The van der Waals surface area contributed by atoms with Crippen LogP contribution in [-0.2, 0) is 17.8 Å². The second-order valence-electron chi connectivity index (χ2n) is 5.05. The Morgan fingerprint density at radius 1 is 1.19 bits per heavy atom. The zero-order valence-electron chi connectivity index (χ0n) is 11.9. The van der Waals surface area contributed by atoms with E-state index in [1.807, 2.05) is 49.4 Å². The molecule has 106 valence electrons. The molecule has 0 saturated carbocycles. The molecule has 0 unspecified atom stereocenters. The quantitative estimate of drug-likeness (QED) is 0.771. The number of benzene rings is 1. The number of pyridine rings is 1. The Morgan fingerprint density at radius 2 is 2.00 bits per heavy atom. The second-order valence-corrected chi connectivity index (χ2v) is 5.05. The van der Waals surface area contributed by atoms with Crippen LogP contribution < -0.4 is 5.32 Å². The van der Waals surface area contributed by atoms with E-state index in [-0.39, 0.29) is 5.91 Å². The average Bonchev–Trinajstić information content (AvgIpc) is 2.82. The molecule has 2 N–H and O–H groups in total. The highest BCUT2D eigenvalue weighted by atomic mass is 16.1. The van der Waals surface area contributed by atoms with Crippen molar-refractivity contribution >= 4 is 16.8 Å². The van der Waals surface area contributed by atoms with Gasteiger partial charge in [-0.3, -0.25) is 9.78 Å². The highest BCUT2D eigenvalue weighted by Gasteiger charge is 2.11. The van der Waals surface area contributed by atoms with Crippen LogP contribution in [-0.4, -0.2) is 15.9 Å². The summed E-state index contributed by atoms with van der Waals surface area (Å²) >= 11 is 0. The molecule has 1 amide bonds. The molecule has 3 rings (SSSR count). The number of rotatable bonds is 4. The van der Waals surface area contributed by atoms with Gasteiger partial charge in [0.15, 0.2) is 0 Å². The van der Waals surface area contributed by atoms with Crippen molar-refractivity contribution in [3.8, 4) is 0 Å². The first-order chi connectivity index (χ1) is 10.2. The Hall–Kier alpha value is -2.62. The molecule has 4 nitrogen and oxygen atoms in total. The lowest BCUT2D eigenvalue weighted by Gasteiger charge is -2.05. The fourth-order valence-electron chi connectivity index (χ4n) is 2.48. The van der Waals surface area contributed by atoms with E-state index in [1.165, 1.54) is 0 Å². The number of carbonyl (C=O) groups excluding carboxylic acids is 1. The van der Waals surface area contributed by atoms with Gasteiger partial charge in [-0.2, -0.15) is 0 Å². The van der Waals surface area contributed by atoms with Gasteiger partial charge in [-0.1, -0.05) is 24.3 Å². The molecule has 3 aromatic rings. The van der Waals surface area contributed by atoms with Crippen LogP contribution in [0.25, 0.3) is 10.9 Å². The first-order valence-electron chi connectivity index (χ1n) is 6.97. The maximum absolute atomic E-state index is 12.1. The topological polar surface area (TPSA) is 57.8 Å². The lowest BCUT2D eigenvalue weighted by Crippen LogP contribution is -2.25. The normalized spacial score (nSPS) is 10.7. The molecule has 0 aliphatic heterocycles. The first-order valence-corrected chi connectivity index (χ1v) is 6.97. The fourth-order valence-corrected chi connectivity index (χ4v) is 2.48. The predicted octanol–water partition coefficient (Wildman–Crippen LogP) is 2.73. The second kappa shape index (κ2) is 5.79. The maximum Gasteiger partial charge on any atom is 0.224 e. The molecular formula is C17H17N3O. The van der Waals surface area contributed by atoms with Crippen molar-refractivity contribution in [3.63, 3.8) is 0 Å². The van der Waals surface area contributed by atoms with Crippen molar-refractivity contribution in [2.24, 2.45) is 0 Å². The number of hydrogen-bond acceptors (Lipinski definition) is 2. The average molecular weight is 279 g/mol. The lowest BCUT2D eigenvalue weighted by molar-refractivity contribution is -0.120. The van der Waals surface area contributed by atoms with E-state index in [0.717, 1.165) is 27.9 Å². The number of fused-ring (bicyclic) bond motifs is 1. The molecule has 0 fully saturated rings. The number of hydrogen-bond donors (Lipinski definition) is 2. The van der Waals surface area contributed by atoms with Gasteiger partial charge in [0.25, 0.3) is 0 Å². The third-order valence-corrected chi connectivity index (χ3v) is 3.56. The van der Waals surface area contributed by atoms with E-state index < -0.39 is 0 Å². The van der Waals surface area contributed by atoms with Gasteiger partial charge in [0.1, 0.15) is 0 Å². The van der Waals surface area contributed by atoms with Gasteiger partial charge in [-0.25, -0.2) is 0 Å². The van der Waals surface area contributed by atoms with E-state index in [1.54, 1.807) is 6.20 Å². The van der Waals surface area contributed by atoms with Gasteiger partial charge in [-0.15, -0.1) is 0 Å². The largest absolute Gasteiger partial charge is 0.358 e. The van der Waals surface area contributed by atoms with Gasteiger partial charge in [0, 0.05) is 22.8 Å². The highest BCUT2D eigenvalue weighted by molar-refractivity contribution is 5.90. The summed E-state index contributed by atoms with van der Waals surface area (Å²) in [7, 11) is 0. The number of aryl methyl sites for hydroxylation is 1. The van der Waals surface area contributed by atoms with Gasteiger partial charge in [-0.05, 0) is 30.7 Å². The minimum absolute atomic E-state index is 0.00788. The summed E-state index contributed by atoms with van der Waals surface area (Å²) in [6.45, 7) is 2.46. The smallest absolute Gasteiger partial charge is 0.224 e. The molecule has 21 heavy (non-hydrogen) atoms. The summed E-state index contributed by atoms with van der Waals surface area (Å²) in [5, 5.41) is 4.03. The molecule has 0 bridgehead atoms. The van der Waals surface area contributed by atoms with Gasteiger partial charge >= 0.3 is 0 Å². The number of nitrogens with one attached hydrogen (secondary N) is 2. The molecular weight excluding hydrogens is 262 g/mol. The Morgan fingerprint density at radius 3 is 2.81 bits per heavy atom. The highest BCUT2D eigenvalue weighted by Crippen LogP contribution is 2.22. The van der Waals surface area contributed by atoms with Crippen molar-refractivity contribution in [1.29, 1.82) is 0 Å². The third kappa shape index (κ3) is 2.94.